The Morgan fingerprint density at radius 2 is 1.90 bits per heavy atom. The van der Waals surface area contributed by atoms with Gasteiger partial charge in [-0.25, -0.2) is 8.42 Å². The number of benzene rings is 1. The molecule has 0 spiro atoms. The summed E-state index contributed by atoms with van der Waals surface area (Å²) in [6.45, 7) is 2.51. The first-order chi connectivity index (χ1) is 14.2. The summed E-state index contributed by atoms with van der Waals surface area (Å²) in [4.78, 5) is 23.1. The summed E-state index contributed by atoms with van der Waals surface area (Å²) < 4.78 is 42.5. The molecule has 0 saturated carbocycles. The van der Waals surface area contributed by atoms with Crippen LogP contribution >= 0.6 is 0 Å². The number of furan rings is 1. The zero-order chi connectivity index (χ0) is 21.7. The normalized spacial score (nSPS) is 12.3. The van der Waals surface area contributed by atoms with E-state index in [2.05, 4.69) is 15.2 Å². The number of sulfonamides is 1. The Kier molecular flexibility index (Phi) is 6.33. The van der Waals surface area contributed by atoms with Crippen LogP contribution in [0.1, 0.15) is 19.5 Å². The lowest BCUT2D eigenvalue weighted by atomic mass is 10.3. The van der Waals surface area contributed by atoms with E-state index >= 15 is 0 Å². The molecule has 3 aromatic rings. The molecule has 0 fully saturated rings. The van der Waals surface area contributed by atoms with Crippen molar-refractivity contribution in [2.75, 3.05) is 5.32 Å². The molecule has 1 aromatic carbocycles. The summed E-state index contributed by atoms with van der Waals surface area (Å²) in [6, 6.07) is 9.32. The highest BCUT2D eigenvalue weighted by Gasteiger charge is 2.23. The summed E-state index contributed by atoms with van der Waals surface area (Å²) >= 11 is 0. The van der Waals surface area contributed by atoms with Crippen LogP contribution in [0.2, 0.25) is 0 Å². The number of rotatable bonds is 8. The molecule has 10 nitrogen and oxygen atoms in total. The number of hydrogen-bond donors (Lipinski definition) is 2. The molecular weight excluding hydrogens is 414 g/mol. The van der Waals surface area contributed by atoms with Crippen molar-refractivity contribution in [3.63, 3.8) is 0 Å². The Morgan fingerprint density at radius 1 is 1.17 bits per heavy atom. The van der Waals surface area contributed by atoms with Crippen molar-refractivity contribution in [1.29, 1.82) is 0 Å². The van der Waals surface area contributed by atoms with E-state index in [1.165, 1.54) is 44.4 Å². The van der Waals surface area contributed by atoms with Gasteiger partial charge in [0, 0.05) is 18.7 Å². The van der Waals surface area contributed by atoms with E-state index in [9.17, 15) is 18.0 Å². The number of nitrogens with one attached hydrogen (secondary N) is 2. The van der Waals surface area contributed by atoms with Crippen molar-refractivity contribution >= 4 is 27.6 Å². The third-order valence-corrected chi connectivity index (χ3v) is 5.41. The van der Waals surface area contributed by atoms with E-state index < -0.39 is 22.0 Å². The highest BCUT2D eigenvalue weighted by Crippen LogP contribution is 2.21. The van der Waals surface area contributed by atoms with Crippen LogP contribution in [0.3, 0.4) is 0 Å². The van der Waals surface area contributed by atoms with Crippen molar-refractivity contribution in [2.45, 2.75) is 31.4 Å². The number of carbonyl (C=O) groups excluding carboxylic acids is 2. The fourth-order valence-corrected chi connectivity index (χ4v) is 3.65. The van der Waals surface area contributed by atoms with Crippen LogP contribution in [0.4, 0.5) is 5.69 Å². The van der Waals surface area contributed by atoms with Crippen LogP contribution in [0.5, 0.6) is 0 Å². The number of anilines is 1. The third-order valence-electron chi connectivity index (χ3n) is 3.86. The minimum absolute atomic E-state index is 0.0594. The zero-order valence-corrected chi connectivity index (χ0v) is 16.9. The van der Waals surface area contributed by atoms with Crippen LogP contribution in [-0.4, -0.2) is 31.5 Å². The van der Waals surface area contributed by atoms with E-state index in [1.807, 2.05) is 0 Å². The van der Waals surface area contributed by atoms with E-state index in [0.717, 1.165) is 0 Å². The fraction of sp³-hybridized carbons (Fsp3) is 0.211. The Hall–Kier alpha value is -3.44. The average Bonchev–Trinajstić information content (AvgIpc) is 3.37. The van der Waals surface area contributed by atoms with Gasteiger partial charge in [0.25, 0.3) is 0 Å². The molecule has 0 aliphatic rings. The summed E-state index contributed by atoms with van der Waals surface area (Å²) in [5.74, 6) is -0.201. The van der Waals surface area contributed by atoms with E-state index in [4.69, 9.17) is 13.7 Å². The molecule has 0 aliphatic heterocycles. The minimum Gasteiger partial charge on any atom is -0.461 e. The zero-order valence-electron chi connectivity index (χ0n) is 16.1. The maximum Gasteiger partial charge on any atom is 0.324 e. The van der Waals surface area contributed by atoms with Crippen LogP contribution in [-0.2, 0) is 31.0 Å². The molecule has 2 aromatic heterocycles. The van der Waals surface area contributed by atoms with Crippen molar-refractivity contribution in [3.05, 3.63) is 54.4 Å². The van der Waals surface area contributed by atoms with E-state index in [1.54, 1.807) is 18.2 Å². The predicted octanol–water partition coefficient (Wildman–Crippen LogP) is 2.30. The summed E-state index contributed by atoms with van der Waals surface area (Å²) in [5.41, 5.74) is 0.800. The number of carbonyl (C=O) groups is 2. The smallest absolute Gasteiger partial charge is 0.324 e. The highest BCUT2D eigenvalue weighted by molar-refractivity contribution is 7.89. The molecule has 1 amide bonds. The predicted molar refractivity (Wildman–Crippen MR) is 105 cm³/mol. The van der Waals surface area contributed by atoms with Gasteiger partial charge in [0.1, 0.15) is 18.3 Å². The van der Waals surface area contributed by atoms with E-state index in [0.29, 0.717) is 22.9 Å². The fourth-order valence-electron chi connectivity index (χ4n) is 2.45. The Morgan fingerprint density at radius 3 is 2.53 bits per heavy atom. The number of amides is 1. The van der Waals surface area contributed by atoms with Crippen molar-refractivity contribution in [1.82, 2.24) is 9.88 Å². The topological polar surface area (TPSA) is 141 Å². The molecule has 0 saturated heterocycles. The first-order valence-electron chi connectivity index (χ1n) is 8.81. The van der Waals surface area contributed by atoms with Crippen molar-refractivity contribution in [3.8, 4) is 11.5 Å². The average molecular weight is 433 g/mol. The molecule has 0 radical (unpaired) electrons. The standard InChI is InChI=1S/C19H19N3O7S/c1-12(22-30(25,26)16-7-5-14(6-8-16)20-13(2)23)19(24)28-11-15-10-18(29-21-15)17-4-3-9-27-17/h3-10,12,22H,11H2,1-2H3,(H,20,23)/t12-/m1/s1. The van der Waals surface area contributed by atoms with Crippen molar-refractivity contribution < 1.29 is 31.7 Å². The highest BCUT2D eigenvalue weighted by atomic mass is 32.2. The summed E-state index contributed by atoms with van der Waals surface area (Å²) in [7, 11) is -3.97. The second-order valence-electron chi connectivity index (χ2n) is 6.32. The second-order valence-corrected chi connectivity index (χ2v) is 8.03. The first-order valence-corrected chi connectivity index (χ1v) is 10.3. The van der Waals surface area contributed by atoms with Gasteiger partial charge in [-0.3, -0.25) is 9.59 Å². The minimum atomic E-state index is -3.97. The number of hydrogen-bond acceptors (Lipinski definition) is 8. The Labute approximate surface area is 172 Å². The molecule has 1 atom stereocenters. The van der Waals surface area contributed by atoms with Crippen LogP contribution < -0.4 is 10.0 Å². The molecular formula is C19H19N3O7S. The van der Waals surface area contributed by atoms with Gasteiger partial charge in [-0.1, -0.05) is 5.16 Å². The monoisotopic (exact) mass is 433 g/mol. The van der Waals surface area contributed by atoms with Crippen LogP contribution in [0, 0.1) is 0 Å². The number of esters is 1. The van der Waals surface area contributed by atoms with E-state index in [-0.39, 0.29) is 17.4 Å². The number of nitrogens with zero attached hydrogens (tertiary/aromatic N) is 1. The van der Waals surface area contributed by atoms with Gasteiger partial charge in [-0.15, -0.1) is 0 Å². The lowest BCUT2D eigenvalue weighted by Crippen LogP contribution is -2.39. The van der Waals surface area contributed by atoms with Crippen molar-refractivity contribution in [2.24, 2.45) is 0 Å². The molecule has 0 bridgehead atoms. The number of aromatic nitrogens is 1. The third kappa shape index (κ3) is 5.33. The van der Waals surface area contributed by atoms with Gasteiger partial charge in [0.05, 0.1) is 11.2 Å². The largest absolute Gasteiger partial charge is 0.461 e. The quantitative estimate of drug-likeness (QED) is 0.516. The first kappa shape index (κ1) is 21.3. The number of ether oxygens (including phenoxy) is 1. The summed E-state index contributed by atoms with van der Waals surface area (Å²) in [6.07, 6.45) is 1.48. The lowest BCUT2D eigenvalue weighted by Gasteiger charge is -2.13. The molecule has 30 heavy (non-hydrogen) atoms. The van der Waals surface area contributed by atoms with Gasteiger partial charge >= 0.3 is 5.97 Å². The van der Waals surface area contributed by atoms with Crippen LogP contribution in [0.15, 0.2) is 62.6 Å². The molecule has 0 aliphatic carbocycles. The Bertz CT molecular complexity index is 1120. The SMILES string of the molecule is CC(=O)Nc1ccc(S(=O)(=O)N[C@H](C)C(=O)OCc2cc(-c3ccco3)on2)cc1. The molecule has 158 valence electrons. The maximum absolute atomic E-state index is 12.4. The molecule has 2 heterocycles. The summed E-state index contributed by atoms with van der Waals surface area (Å²) in [5, 5.41) is 6.31. The van der Waals surface area contributed by atoms with Gasteiger partial charge in [0.15, 0.2) is 5.76 Å². The van der Waals surface area contributed by atoms with Crippen LogP contribution in [0.25, 0.3) is 11.5 Å². The molecule has 2 N–H and O–H groups in total. The van der Waals surface area contributed by atoms with Gasteiger partial charge < -0.3 is 19.0 Å². The maximum atomic E-state index is 12.4. The Balaban J connectivity index is 1.56. The van der Waals surface area contributed by atoms with Gasteiger partial charge in [-0.2, -0.15) is 4.72 Å². The molecule has 3 rings (SSSR count). The molecule has 11 heteroatoms. The lowest BCUT2D eigenvalue weighted by molar-refractivity contribution is -0.146. The second kappa shape index (κ2) is 8.93. The van der Waals surface area contributed by atoms with Gasteiger partial charge in [0.2, 0.25) is 21.7 Å². The van der Waals surface area contributed by atoms with Gasteiger partial charge in [-0.05, 0) is 43.3 Å². The molecule has 0 unspecified atom stereocenters.